The molecule has 0 aliphatic heterocycles. The lowest BCUT2D eigenvalue weighted by Gasteiger charge is -2.15. The largest absolute Gasteiger partial charge is 0.504 e. The molecule has 3 heteroatoms. The van der Waals surface area contributed by atoms with Crippen LogP contribution in [0.25, 0.3) is 11.1 Å². The predicted octanol–water partition coefficient (Wildman–Crippen LogP) is 5.14. The number of benzene rings is 2. The van der Waals surface area contributed by atoms with Crippen molar-refractivity contribution in [3.05, 3.63) is 53.6 Å². The van der Waals surface area contributed by atoms with Crippen LogP contribution in [0.3, 0.4) is 0 Å². The van der Waals surface area contributed by atoms with Gasteiger partial charge in [-0.25, -0.2) is 0 Å². The number of hydrogen-bond acceptors (Lipinski definition) is 3. The Morgan fingerprint density at radius 2 is 1.39 bits per heavy atom. The van der Waals surface area contributed by atoms with Crippen molar-refractivity contribution in [1.29, 1.82) is 0 Å². The maximum atomic E-state index is 10.1. The SMILES string of the molecule is CC/C(=C(/CC)c1ccc(OC)c(O)c1)c1ccc(OC)cc1. The van der Waals surface area contributed by atoms with Gasteiger partial charge in [0.05, 0.1) is 14.2 Å². The maximum absolute atomic E-state index is 10.1. The first-order valence-electron chi connectivity index (χ1n) is 7.88. The molecule has 0 heterocycles. The Bertz CT molecular complexity index is 685. The lowest BCUT2D eigenvalue weighted by atomic mass is 9.91. The van der Waals surface area contributed by atoms with Crippen molar-refractivity contribution in [2.45, 2.75) is 26.7 Å². The molecular formula is C20H24O3. The van der Waals surface area contributed by atoms with Gasteiger partial charge in [-0.3, -0.25) is 0 Å². The third kappa shape index (κ3) is 3.67. The average molecular weight is 312 g/mol. The van der Waals surface area contributed by atoms with Gasteiger partial charge in [0.25, 0.3) is 0 Å². The topological polar surface area (TPSA) is 38.7 Å². The van der Waals surface area contributed by atoms with Crippen LogP contribution in [0, 0.1) is 0 Å². The molecule has 0 bridgehead atoms. The van der Waals surface area contributed by atoms with Crippen LogP contribution < -0.4 is 9.47 Å². The number of hydrogen-bond donors (Lipinski definition) is 1. The van der Waals surface area contributed by atoms with E-state index in [0.29, 0.717) is 5.75 Å². The van der Waals surface area contributed by atoms with E-state index in [-0.39, 0.29) is 5.75 Å². The highest BCUT2D eigenvalue weighted by Crippen LogP contribution is 2.35. The monoisotopic (exact) mass is 312 g/mol. The van der Waals surface area contributed by atoms with Crippen LogP contribution in [0.1, 0.15) is 37.8 Å². The van der Waals surface area contributed by atoms with E-state index in [1.54, 1.807) is 20.3 Å². The molecule has 0 aromatic heterocycles. The Kier molecular flexibility index (Phi) is 5.69. The summed E-state index contributed by atoms with van der Waals surface area (Å²) in [5.74, 6) is 1.51. The van der Waals surface area contributed by atoms with Gasteiger partial charge < -0.3 is 14.6 Å². The molecule has 0 unspecified atom stereocenters. The number of ether oxygens (including phenoxy) is 2. The lowest BCUT2D eigenvalue weighted by molar-refractivity contribution is 0.373. The molecule has 0 spiro atoms. The molecule has 3 nitrogen and oxygen atoms in total. The number of phenolic OH excluding ortho intramolecular Hbond substituents is 1. The summed E-state index contributed by atoms with van der Waals surface area (Å²) in [6.45, 7) is 4.29. The Morgan fingerprint density at radius 3 is 1.87 bits per heavy atom. The lowest BCUT2D eigenvalue weighted by Crippen LogP contribution is -1.93. The van der Waals surface area contributed by atoms with Gasteiger partial charge in [0.15, 0.2) is 11.5 Å². The van der Waals surface area contributed by atoms with Crippen molar-refractivity contribution in [3.63, 3.8) is 0 Å². The van der Waals surface area contributed by atoms with Crippen LogP contribution in [-0.4, -0.2) is 19.3 Å². The van der Waals surface area contributed by atoms with E-state index in [4.69, 9.17) is 9.47 Å². The third-order valence-electron chi connectivity index (χ3n) is 4.04. The Hall–Kier alpha value is -2.42. The van der Waals surface area contributed by atoms with Crippen molar-refractivity contribution < 1.29 is 14.6 Å². The van der Waals surface area contributed by atoms with E-state index in [2.05, 4.69) is 26.0 Å². The summed E-state index contributed by atoms with van der Waals surface area (Å²) >= 11 is 0. The summed E-state index contributed by atoms with van der Waals surface area (Å²) in [7, 11) is 3.23. The van der Waals surface area contributed by atoms with Gasteiger partial charge in [0, 0.05) is 0 Å². The molecule has 23 heavy (non-hydrogen) atoms. The minimum absolute atomic E-state index is 0.168. The molecule has 2 rings (SSSR count). The van der Waals surface area contributed by atoms with Gasteiger partial charge in [-0.2, -0.15) is 0 Å². The van der Waals surface area contributed by atoms with E-state index in [9.17, 15) is 5.11 Å². The molecule has 0 aliphatic carbocycles. The van der Waals surface area contributed by atoms with Crippen LogP contribution in [0.5, 0.6) is 17.2 Å². The molecule has 2 aromatic rings. The van der Waals surface area contributed by atoms with Gasteiger partial charge in [0.1, 0.15) is 5.75 Å². The van der Waals surface area contributed by atoms with Crippen LogP contribution in [0.15, 0.2) is 42.5 Å². The first-order chi connectivity index (χ1) is 11.1. The zero-order valence-electron chi connectivity index (χ0n) is 14.2. The fraction of sp³-hybridized carbons (Fsp3) is 0.300. The second-order valence-corrected chi connectivity index (χ2v) is 5.28. The van der Waals surface area contributed by atoms with E-state index < -0.39 is 0 Å². The van der Waals surface area contributed by atoms with Crippen LogP contribution in [0.2, 0.25) is 0 Å². The number of phenols is 1. The summed E-state index contributed by atoms with van der Waals surface area (Å²) in [4.78, 5) is 0. The van der Waals surface area contributed by atoms with Crippen molar-refractivity contribution in [1.82, 2.24) is 0 Å². The molecule has 0 fully saturated rings. The Labute approximate surface area is 138 Å². The van der Waals surface area contributed by atoms with Gasteiger partial charge in [-0.05, 0) is 59.4 Å². The van der Waals surface area contributed by atoms with Crippen LogP contribution in [0.4, 0.5) is 0 Å². The van der Waals surface area contributed by atoms with Gasteiger partial charge in [-0.1, -0.05) is 32.0 Å². The third-order valence-corrected chi connectivity index (χ3v) is 4.04. The standard InChI is InChI=1S/C20H24O3/c1-5-17(14-7-10-16(22-3)11-8-14)18(6-2)15-9-12-20(23-4)19(21)13-15/h7-13,21H,5-6H2,1-4H3/b18-17+. The minimum atomic E-state index is 0.168. The molecule has 0 aliphatic rings. The van der Waals surface area contributed by atoms with Gasteiger partial charge >= 0.3 is 0 Å². The van der Waals surface area contributed by atoms with Crippen molar-refractivity contribution >= 4 is 11.1 Å². The average Bonchev–Trinajstić information content (AvgIpc) is 2.59. The molecule has 2 aromatic carbocycles. The van der Waals surface area contributed by atoms with Gasteiger partial charge in [-0.15, -0.1) is 0 Å². The zero-order valence-corrected chi connectivity index (χ0v) is 14.2. The maximum Gasteiger partial charge on any atom is 0.160 e. The highest BCUT2D eigenvalue weighted by Gasteiger charge is 2.11. The summed E-state index contributed by atoms with van der Waals surface area (Å²) in [5, 5.41) is 10.1. The molecule has 0 saturated heterocycles. The smallest absolute Gasteiger partial charge is 0.160 e. The molecule has 0 radical (unpaired) electrons. The quantitative estimate of drug-likeness (QED) is 0.751. The molecule has 1 N–H and O–H groups in total. The highest BCUT2D eigenvalue weighted by molar-refractivity contribution is 5.91. The van der Waals surface area contributed by atoms with E-state index in [1.807, 2.05) is 24.3 Å². The second kappa shape index (κ2) is 7.73. The van der Waals surface area contributed by atoms with Gasteiger partial charge in [0.2, 0.25) is 0 Å². The first kappa shape index (κ1) is 16.9. The molecule has 0 atom stereocenters. The summed E-state index contributed by atoms with van der Waals surface area (Å²) < 4.78 is 10.4. The van der Waals surface area contributed by atoms with E-state index >= 15 is 0 Å². The van der Waals surface area contributed by atoms with Crippen molar-refractivity contribution in [3.8, 4) is 17.2 Å². The molecule has 0 saturated carbocycles. The molecule has 0 amide bonds. The summed E-state index contributed by atoms with van der Waals surface area (Å²) in [5.41, 5.74) is 4.72. The van der Waals surface area contributed by atoms with Crippen LogP contribution in [-0.2, 0) is 0 Å². The predicted molar refractivity (Wildman–Crippen MR) is 95.0 cm³/mol. The normalized spacial score (nSPS) is 11.8. The Morgan fingerprint density at radius 1 is 0.826 bits per heavy atom. The number of aromatic hydroxyl groups is 1. The number of methoxy groups -OCH3 is 2. The number of rotatable bonds is 6. The van der Waals surface area contributed by atoms with E-state index in [1.165, 1.54) is 16.7 Å². The fourth-order valence-electron chi connectivity index (χ4n) is 2.85. The first-order valence-corrected chi connectivity index (χ1v) is 7.88. The summed E-state index contributed by atoms with van der Waals surface area (Å²) in [6, 6.07) is 13.7. The van der Waals surface area contributed by atoms with Crippen LogP contribution >= 0.6 is 0 Å². The highest BCUT2D eigenvalue weighted by atomic mass is 16.5. The van der Waals surface area contributed by atoms with E-state index in [0.717, 1.165) is 24.2 Å². The molecular weight excluding hydrogens is 288 g/mol. The Balaban J connectivity index is 2.52. The second-order valence-electron chi connectivity index (χ2n) is 5.28. The zero-order chi connectivity index (χ0) is 16.8. The minimum Gasteiger partial charge on any atom is -0.504 e. The summed E-state index contributed by atoms with van der Waals surface area (Å²) in [6.07, 6.45) is 1.81. The fourth-order valence-corrected chi connectivity index (χ4v) is 2.85. The molecule has 122 valence electrons. The van der Waals surface area contributed by atoms with Crippen molar-refractivity contribution in [2.75, 3.05) is 14.2 Å². The van der Waals surface area contributed by atoms with Crippen molar-refractivity contribution in [2.24, 2.45) is 0 Å². The number of allylic oxidation sites excluding steroid dienone is 2.